The molecular weight excluding hydrogens is 314 g/mol. The highest BCUT2D eigenvalue weighted by molar-refractivity contribution is 5.87. The SMILES string of the molecule is [C-]#[N+]Cc1cnc2c(N3CCOCC3)nc(-c3ccccc3)nc2c1. The lowest BCUT2D eigenvalue weighted by Gasteiger charge is -2.28. The van der Waals surface area contributed by atoms with Crippen molar-refractivity contribution in [3.63, 3.8) is 0 Å². The standard InChI is InChI=1S/C19H17N5O/c1-20-12-14-11-16-17(21-13-14)19(24-7-9-25-10-8-24)23-18(22-16)15-5-3-2-4-6-15/h2-6,11,13H,7-10,12H2. The molecule has 6 nitrogen and oxygen atoms in total. The molecule has 0 aliphatic carbocycles. The number of pyridine rings is 1. The summed E-state index contributed by atoms with van der Waals surface area (Å²) in [4.78, 5) is 19.7. The van der Waals surface area contributed by atoms with E-state index < -0.39 is 0 Å². The fourth-order valence-corrected chi connectivity index (χ4v) is 2.93. The van der Waals surface area contributed by atoms with Crippen molar-refractivity contribution >= 4 is 16.9 Å². The summed E-state index contributed by atoms with van der Waals surface area (Å²) in [5.74, 6) is 1.51. The Kier molecular flexibility index (Phi) is 4.23. The summed E-state index contributed by atoms with van der Waals surface area (Å²) in [5, 5.41) is 0. The van der Waals surface area contributed by atoms with Crippen molar-refractivity contribution in [1.29, 1.82) is 0 Å². The third-order valence-corrected chi connectivity index (χ3v) is 4.18. The van der Waals surface area contributed by atoms with Crippen molar-refractivity contribution in [3.8, 4) is 11.4 Å². The number of hydrogen-bond acceptors (Lipinski definition) is 5. The van der Waals surface area contributed by atoms with E-state index in [0.717, 1.165) is 41.1 Å². The lowest BCUT2D eigenvalue weighted by atomic mass is 10.2. The van der Waals surface area contributed by atoms with Crippen LogP contribution in [0.25, 0.3) is 27.3 Å². The Morgan fingerprint density at radius 2 is 1.92 bits per heavy atom. The van der Waals surface area contributed by atoms with E-state index in [0.29, 0.717) is 25.6 Å². The second kappa shape index (κ2) is 6.83. The minimum Gasteiger partial charge on any atom is -0.378 e. The van der Waals surface area contributed by atoms with E-state index in [-0.39, 0.29) is 0 Å². The Balaban J connectivity index is 1.89. The smallest absolute Gasteiger partial charge is 0.241 e. The minimum absolute atomic E-state index is 0.306. The van der Waals surface area contributed by atoms with Crippen molar-refractivity contribution in [3.05, 3.63) is 59.6 Å². The number of benzene rings is 1. The van der Waals surface area contributed by atoms with Crippen LogP contribution < -0.4 is 4.90 Å². The summed E-state index contributed by atoms with van der Waals surface area (Å²) < 4.78 is 5.46. The van der Waals surface area contributed by atoms with Gasteiger partial charge < -0.3 is 14.5 Å². The van der Waals surface area contributed by atoms with Gasteiger partial charge in [-0.2, -0.15) is 0 Å². The maximum Gasteiger partial charge on any atom is 0.241 e. The van der Waals surface area contributed by atoms with Crippen LogP contribution in [-0.4, -0.2) is 41.3 Å². The van der Waals surface area contributed by atoms with Crippen LogP contribution in [0.5, 0.6) is 0 Å². The van der Waals surface area contributed by atoms with E-state index >= 15 is 0 Å². The van der Waals surface area contributed by atoms with Gasteiger partial charge in [-0.1, -0.05) is 30.3 Å². The van der Waals surface area contributed by atoms with Crippen molar-refractivity contribution in [2.24, 2.45) is 0 Å². The van der Waals surface area contributed by atoms with Crippen molar-refractivity contribution < 1.29 is 4.74 Å². The molecule has 0 unspecified atom stereocenters. The van der Waals surface area contributed by atoms with Gasteiger partial charge in [0.15, 0.2) is 11.6 Å². The molecule has 1 aliphatic rings. The van der Waals surface area contributed by atoms with Crippen LogP contribution in [0.4, 0.5) is 5.82 Å². The van der Waals surface area contributed by atoms with Gasteiger partial charge in [-0.15, -0.1) is 0 Å². The van der Waals surface area contributed by atoms with E-state index in [9.17, 15) is 0 Å². The molecule has 0 radical (unpaired) electrons. The zero-order valence-corrected chi connectivity index (χ0v) is 13.7. The van der Waals surface area contributed by atoms with Crippen LogP contribution in [0, 0.1) is 6.57 Å². The van der Waals surface area contributed by atoms with Gasteiger partial charge in [-0.3, -0.25) is 4.98 Å². The summed E-state index contributed by atoms with van der Waals surface area (Å²) >= 11 is 0. The average Bonchev–Trinajstić information content (AvgIpc) is 2.68. The number of hydrogen-bond donors (Lipinski definition) is 0. The molecule has 2 aromatic heterocycles. The lowest BCUT2D eigenvalue weighted by molar-refractivity contribution is 0.122. The van der Waals surface area contributed by atoms with Crippen LogP contribution >= 0.6 is 0 Å². The molecule has 0 saturated carbocycles. The first-order valence-electron chi connectivity index (χ1n) is 8.23. The molecule has 0 N–H and O–H groups in total. The fourth-order valence-electron chi connectivity index (χ4n) is 2.93. The highest BCUT2D eigenvalue weighted by atomic mass is 16.5. The molecule has 0 amide bonds. The van der Waals surface area contributed by atoms with Gasteiger partial charge in [-0.05, 0) is 6.07 Å². The van der Waals surface area contributed by atoms with Gasteiger partial charge in [0.2, 0.25) is 6.54 Å². The molecule has 1 saturated heterocycles. The number of rotatable bonds is 3. The molecule has 1 fully saturated rings. The van der Waals surface area contributed by atoms with Crippen molar-refractivity contribution in [1.82, 2.24) is 15.0 Å². The third kappa shape index (κ3) is 3.14. The van der Waals surface area contributed by atoms with Gasteiger partial charge >= 0.3 is 0 Å². The summed E-state index contributed by atoms with van der Waals surface area (Å²) in [6.45, 7) is 10.3. The first kappa shape index (κ1) is 15.5. The van der Waals surface area contributed by atoms with E-state index in [1.54, 1.807) is 6.20 Å². The fraction of sp³-hybridized carbons (Fsp3) is 0.263. The minimum atomic E-state index is 0.306. The van der Waals surface area contributed by atoms with E-state index in [1.807, 2.05) is 36.4 Å². The second-order valence-electron chi connectivity index (χ2n) is 5.86. The monoisotopic (exact) mass is 331 g/mol. The predicted octanol–water partition coefficient (Wildman–Crippen LogP) is 2.95. The van der Waals surface area contributed by atoms with Crippen molar-refractivity contribution in [2.75, 3.05) is 31.2 Å². The van der Waals surface area contributed by atoms with E-state index in [4.69, 9.17) is 21.3 Å². The van der Waals surface area contributed by atoms with Crippen LogP contribution in [0.2, 0.25) is 0 Å². The average molecular weight is 331 g/mol. The van der Waals surface area contributed by atoms with E-state index in [2.05, 4.69) is 14.7 Å². The summed E-state index contributed by atoms with van der Waals surface area (Å²) in [7, 11) is 0. The number of aromatic nitrogens is 3. The van der Waals surface area contributed by atoms with Crippen LogP contribution in [0.15, 0.2) is 42.6 Å². The topological polar surface area (TPSA) is 55.5 Å². The summed E-state index contributed by atoms with van der Waals surface area (Å²) in [6, 6.07) is 11.9. The van der Waals surface area contributed by atoms with Crippen LogP contribution in [0.3, 0.4) is 0 Å². The first-order chi connectivity index (χ1) is 12.3. The number of morpholine rings is 1. The molecule has 4 rings (SSSR count). The summed E-state index contributed by atoms with van der Waals surface area (Å²) in [5.41, 5.74) is 3.38. The molecule has 25 heavy (non-hydrogen) atoms. The van der Waals surface area contributed by atoms with Crippen molar-refractivity contribution in [2.45, 2.75) is 6.54 Å². The highest BCUT2D eigenvalue weighted by Crippen LogP contribution is 2.27. The highest BCUT2D eigenvalue weighted by Gasteiger charge is 2.19. The Hall–Kier alpha value is -3.04. The molecule has 0 bridgehead atoms. The molecular formula is C19H17N5O. The molecule has 1 aliphatic heterocycles. The number of anilines is 1. The number of ether oxygens (including phenoxy) is 1. The number of fused-ring (bicyclic) bond motifs is 1. The van der Waals surface area contributed by atoms with Gasteiger partial charge in [0.25, 0.3) is 0 Å². The number of nitrogens with zero attached hydrogens (tertiary/aromatic N) is 5. The van der Waals surface area contributed by atoms with E-state index in [1.165, 1.54) is 0 Å². The zero-order valence-electron chi connectivity index (χ0n) is 13.7. The zero-order chi connectivity index (χ0) is 17.1. The quantitative estimate of drug-likeness (QED) is 0.691. The maximum absolute atomic E-state index is 7.07. The molecule has 6 heteroatoms. The Bertz CT molecular complexity index is 930. The Labute approximate surface area is 145 Å². The van der Waals surface area contributed by atoms with Gasteiger partial charge in [0.05, 0.1) is 24.3 Å². The molecule has 3 heterocycles. The van der Waals surface area contributed by atoms with Gasteiger partial charge in [0.1, 0.15) is 5.52 Å². The lowest BCUT2D eigenvalue weighted by Crippen LogP contribution is -2.37. The maximum atomic E-state index is 7.07. The summed E-state index contributed by atoms with van der Waals surface area (Å²) in [6.07, 6.45) is 1.75. The molecule has 3 aromatic rings. The molecule has 0 atom stereocenters. The second-order valence-corrected chi connectivity index (χ2v) is 5.86. The molecule has 1 aromatic carbocycles. The normalized spacial score (nSPS) is 14.4. The Morgan fingerprint density at radius 1 is 1.12 bits per heavy atom. The van der Waals surface area contributed by atoms with Crippen LogP contribution in [0.1, 0.15) is 5.56 Å². The Morgan fingerprint density at radius 3 is 2.68 bits per heavy atom. The third-order valence-electron chi connectivity index (χ3n) is 4.18. The van der Waals surface area contributed by atoms with Gasteiger partial charge in [0, 0.05) is 24.8 Å². The van der Waals surface area contributed by atoms with Crippen LogP contribution in [-0.2, 0) is 11.3 Å². The van der Waals surface area contributed by atoms with Gasteiger partial charge in [-0.25, -0.2) is 16.5 Å². The predicted molar refractivity (Wildman–Crippen MR) is 96.1 cm³/mol. The molecule has 0 spiro atoms. The first-order valence-corrected chi connectivity index (χ1v) is 8.23. The largest absolute Gasteiger partial charge is 0.378 e. The molecule has 124 valence electrons.